The van der Waals surface area contributed by atoms with Crippen molar-refractivity contribution in [3.63, 3.8) is 0 Å². The van der Waals surface area contributed by atoms with Gasteiger partial charge in [0.1, 0.15) is 5.82 Å². The van der Waals surface area contributed by atoms with E-state index in [9.17, 15) is 9.59 Å². The molecule has 0 radical (unpaired) electrons. The fourth-order valence-electron chi connectivity index (χ4n) is 3.65. The molecule has 1 amide bonds. The Morgan fingerprint density at radius 1 is 1.27 bits per heavy atom. The Morgan fingerprint density at radius 3 is 2.81 bits per heavy atom. The Labute approximate surface area is 151 Å². The number of nitrogens with zero attached hydrogens (tertiary/aromatic N) is 4. The van der Waals surface area contributed by atoms with Crippen molar-refractivity contribution in [2.24, 2.45) is 7.05 Å². The van der Waals surface area contributed by atoms with Crippen molar-refractivity contribution in [1.29, 1.82) is 0 Å². The Balaban J connectivity index is 1.44. The second-order valence-electron chi connectivity index (χ2n) is 6.76. The van der Waals surface area contributed by atoms with E-state index in [2.05, 4.69) is 20.2 Å². The Morgan fingerprint density at radius 2 is 2.08 bits per heavy atom. The Bertz CT molecular complexity index is 912. The number of aromatic nitrogens is 3. The van der Waals surface area contributed by atoms with Crippen LogP contribution >= 0.6 is 0 Å². The molecule has 0 saturated carbocycles. The summed E-state index contributed by atoms with van der Waals surface area (Å²) in [6, 6.07) is 0.119. The van der Waals surface area contributed by atoms with E-state index in [0.717, 1.165) is 37.3 Å². The van der Waals surface area contributed by atoms with Crippen LogP contribution < -0.4 is 15.8 Å². The molecule has 7 heteroatoms. The lowest BCUT2D eigenvalue weighted by atomic mass is 10.0. The third-order valence-electron chi connectivity index (χ3n) is 5.07. The highest BCUT2D eigenvalue weighted by Crippen LogP contribution is 2.21. The molecular formula is C19H21N5O2. The average molecular weight is 351 g/mol. The highest BCUT2D eigenvalue weighted by Gasteiger charge is 2.25. The minimum atomic E-state index is -0.110. The average Bonchev–Trinajstić information content (AvgIpc) is 3.16. The van der Waals surface area contributed by atoms with E-state index in [0.29, 0.717) is 17.5 Å². The molecule has 26 heavy (non-hydrogen) atoms. The van der Waals surface area contributed by atoms with Crippen LogP contribution in [0.25, 0.3) is 6.08 Å². The maximum Gasteiger partial charge on any atom is 0.254 e. The molecule has 2 aromatic heterocycles. The molecule has 7 nitrogen and oxygen atoms in total. The van der Waals surface area contributed by atoms with Crippen molar-refractivity contribution < 1.29 is 4.79 Å². The first-order chi connectivity index (χ1) is 12.6. The van der Waals surface area contributed by atoms with Crippen molar-refractivity contribution in [3.8, 4) is 0 Å². The summed E-state index contributed by atoms with van der Waals surface area (Å²) < 4.78 is 1.50. The minimum Gasteiger partial charge on any atom is -0.355 e. The van der Waals surface area contributed by atoms with E-state index in [1.165, 1.54) is 4.57 Å². The van der Waals surface area contributed by atoms with E-state index < -0.39 is 0 Å². The predicted octanol–water partition coefficient (Wildman–Crippen LogP) is 1.14. The summed E-state index contributed by atoms with van der Waals surface area (Å²) in [7, 11) is 1.69. The largest absolute Gasteiger partial charge is 0.355 e. The standard InChI is InChI=1S/C19H21N5O2/c1-23-12-16(14-3-2-4-15(14)19(23)26)18(25)22-13-5-9-24(10-6-13)17-11-20-7-8-21-17/h2-3,7-8,11-13H,4-6,9-10H2,1H3,(H,22,25). The molecule has 134 valence electrons. The van der Waals surface area contributed by atoms with Crippen molar-refractivity contribution in [2.75, 3.05) is 18.0 Å². The summed E-state index contributed by atoms with van der Waals surface area (Å²) in [6.45, 7) is 1.66. The molecule has 2 aromatic rings. The number of anilines is 1. The van der Waals surface area contributed by atoms with Gasteiger partial charge in [-0.15, -0.1) is 0 Å². The summed E-state index contributed by atoms with van der Waals surface area (Å²) in [6.07, 6.45) is 12.9. The van der Waals surface area contributed by atoms with Crippen LogP contribution in [0.15, 0.2) is 35.7 Å². The SMILES string of the molecule is Cn1cc(C(=O)NC2CCN(c3cnccn3)CC2)c2c(c1=O)CC=C2. The molecule has 0 unspecified atom stereocenters. The van der Waals surface area contributed by atoms with Crippen molar-refractivity contribution >= 4 is 17.8 Å². The summed E-state index contributed by atoms with van der Waals surface area (Å²) in [4.78, 5) is 35.6. The van der Waals surface area contributed by atoms with E-state index in [-0.39, 0.29) is 17.5 Å². The van der Waals surface area contributed by atoms with Gasteiger partial charge in [-0.2, -0.15) is 0 Å². The van der Waals surface area contributed by atoms with Crippen LogP contribution in [-0.4, -0.2) is 39.6 Å². The second kappa shape index (κ2) is 6.74. The van der Waals surface area contributed by atoms with E-state index in [4.69, 9.17) is 0 Å². The van der Waals surface area contributed by atoms with Gasteiger partial charge in [-0.1, -0.05) is 12.2 Å². The van der Waals surface area contributed by atoms with Crippen LogP contribution in [0.1, 0.15) is 34.3 Å². The lowest BCUT2D eigenvalue weighted by molar-refractivity contribution is 0.0930. The maximum absolute atomic E-state index is 12.8. The summed E-state index contributed by atoms with van der Waals surface area (Å²) in [5.41, 5.74) is 2.02. The Hall–Kier alpha value is -2.96. The first kappa shape index (κ1) is 16.5. The van der Waals surface area contributed by atoms with Gasteiger partial charge in [-0.3, -0.25) is 14.6 Å². The number of piperidine rings is 1. The number of pyridine rings is 1. The van der Waals surface area contributed by atoms with Gasteiger partial charge < -0.3 is 14.8 Å². The van der Waals surface area contributed by atoms with E-state index >= 15 is 0 Å². The Kier molecular flexibility index (Phi) is 4.28. The number of fused-ring (bicyclic) bond motifs is 1. The molecule has 0 atom stereocenters. The first-order valence-corrected chi connectivity index (χ1v) is 8.84. The van der Waals surface area contributed by atoms with Crippen molar-refractivity contribution in [3.05, 3.63) is 57.9 Å². The molecule has 1 aliphatic heterocycles. The fourth-order valence-corrected chi connectivity index (χ4v) is 3.65. The molecule has 4 rings (SSSR count). The lowest BCUT2D eigenvalue weighted by Crippen LogP contribution is -2.45. The van der Waals surface area contributed by atoms with Crippen LogP contribution in [0.3, 0.4) is 0 Å². The van der Waals surface area contributed by atoms with Gasteiger partial charge in [0.05, 0.1) is 11.8 Å². The number of carbonyl (C=O) groups excluding carboxylic acids is 1. The van der Waals surface area contributed by atoms with Gasteiger partial charge in [0, 0.05) is 50.3 Å². The topological polar surface area (TPSA) is 80.1 Å². The zero-order valence-electron chi connectivity index (χ0n) is 14.7. The van der Waals surface area contributed by atoms with Gasteiger partial charge in [0.2, 0.25) is 0 Å². The highest BCUT2D eigenvalue weighted by molar-refractivity contribution is 5.98. The molecule has 2 aliphatic rings. The zero-order chi connectivity index (χ0) is 18.1. The molecule has 1 N–H and O–H groups in total. The van der Waals surface area contributed by atoms with Gasteiger partial charge in [0.15, 0.2) is 0 Å². The second-order valence-corrected chi connectivity index (χ2v) is 6.76. The van der Waals surface area contributed by atoms with Gasteiger partial charge in [-0.05, 0) is 24.8 Å². The quantitative estimate of drug-likeness (QED) is 0.897. The van der Waals surface area contributed by atoms with Gasteiger partial charge >= 0.3 is 0 Å². The lowest BCUT2D eigenvalue weighted by Gasteiger charge is -2.33. The van der Waals surface area contributed by atoms with E-state index in [1.807, 2.05) is 12.2 Å². The smallest absolute Gasteiger partial charge is 0.254 e. The van der Waals surface area contributed by atoms with Crippen LogP contribution in [0.2, 0.25) is 0 Å². The predicted molar refractivity (Wildman–Crippen MR) is 99.2 cm³/mol. The number of nitrogens with one attached hydrogen (secondary N) is 1. The summed E-state index contributed by atoms with van der Waals surface area (Å²) >= 11 is 0. The van der Waals surface area contributed by atoms with Crippen LogP contribution in [0.4, 0.5) is 5.82 Å². The van der Waals surface area contributed by atoms with Crippen molar-refractivity contribution in [2.45, 2.75) is 25.3 Å². The van der Waals surface area contributed by atoms with Crippen LogP contribution in [0.5, 0.6) is 0 Å². The van der Waals surface area contributed by atoms with Crippen molar-refractivity contribution in [1.82, 2.24) is 19.9 Å². The van der Waals surface area contributed by atoms with Crippen LogP contribution in [0, 0.1) is 0 Å². The number of rotatable bonds is 3. The molecular weight excluding hydrogens is 330 g/mol. The summed E-state index contributed by atoms with van der Waals surface area (Å²) in [5, 5.41) is 3.13. The molecule has 0 spiro atoms. The summed E-state index contributed by atoms with van der Waals surface area (Å²) in [5.74, 6) is 0.764. The minimum absolute atomic E-state index is 0.0289. The molecule has 0 aromatic carbocycles. The first-order valence-electron chi connectivity index (χ1n) is 8.84. The third-order valence-corrected chi connectivity index (χ3v) is 5.07. The number of amides is 1. The van der Waals surface area contributed by atoms with Gasteiger partial charge in [-0.25, -0.2) is 4.98 Å². The fraction of sp³-hybridized carbons (Fsp3) is 0.368. The molecule has 1 fully saturated rings. The number of hydrogen-bond acceptors (Lipinski definition) is 5. The van der Waals surface area contributed by atoms with E-state index in [1.54, 1.807) is 31.8 Å². The highest BCUT2D eigenvalue weighted by atomic mass is 16.2. The van der Waals surface area contributed by atoms with Gasteiger partial charge in [0.25, 0.3) is 11.5 Å². The third kappa shape index (κ3) is 3.00. The molecule has 1 saturated heterocycles. The zero-order valence-corrected chi connectivity index (χ0v) is 14.7. The number of allylic oxidation sites excluding steroid dienone is 1. The number of carbonyl (C=O) groups is 1. The van der Waals surface area contributed by atoms with Crippen LogP contribution in [-0.2, 0) is 13.5 Å². The molecule has 1 aliphatic carbocycles. The normalized spacial score (nSPS) is 16.6. The molecule has 3 heterocycles. The maximum atomic E-state index is 12.8. The number of hydrogen-bond donors (Lipinski definition) is 1. The molecule has 0 bridgehead atoms. The monoisotopic (exact) mass is 351 g/mol. The number of aryl methyl sites for hydroxylation is 1.